The topological polar surface area (TPSA) is 72.4 Å². The average molecular weight is 319 g/mol. The molecule has 7 nitrogen and oxygen atoms in total. The molecule has 0 spiro atoms. The van der Waals surface area contributed by atoms with Gasteiger partial charge in [0.2, 0.25) is 11.7 Å². The first-order valence-corrected chi connectivity index (χ1v) is 8.16. The average Bonchev–Trinajstić information content (AvgIpc) is 3.24. The monoisotopic (exact) mass is 319 g/mol. The zero-order valence-corrected chi connectivity index (χ0v) is 13.3. The normalized spacial score (nSPS) is 14.5. The molecular weight excluding hydrogens is 302 g/mol. The van der Waals surface area contributed by atoms with Crippen LogP contribution in [0.5, 0.6) is 0 Å². The van der Waals surface area contributed by atoms with E-state index in [0.29, 0.717) is 11.7 Å². The number of nitrogens with one attached hydrogen (secondary N) is 1. The fraction of sp³-hybridized carbons (Fsp3) is 0.294. The summed E-state index contributed by atoms with van der Waals surface area (Å²) in [6.07, 6.45) is 12.2. The summed E-state index contributed by atoms with van der Waals surface area (Å²) < 4.78 is 3.85. The minimum atomic E-state index is 0.676. The van der Waals surface area contributed by atoms with Crippen molar-refractivity contribution in [3.05, 3.63) is 42.7 Å². The van der Waals surface area contributed by atoms with Gasteiger partial charge in [-0.15, -0.1) is 5.10 Å². The summed E-state index contributed by atoms with van der Waals surface area (Å²) in [7, 11) is 0. The Morgan fingerprint density at radius 3 is 2.92 bits per heavy atom. The second-order valence-electron chi connectivity index (χ2n) is 6.38. The van der Waals surface area contributed by atoms with Gasteiger partial charge >= 0.3 is 0 Å². The van der Waals surface area contributed by atoms with E-state index in [0.717, 1.165) is 34.8 Å². The number of imidazole rings is 1. The SMILES string of the molecule is Cc1cnc2ncc(-c3ccn4nc(NCC5CC5)ncc34)cn12. The van der Waals surface area contributed by atoms with Crippen LogP contribution in [0.15, 0.2) is 37.1 Å². The van der Waals surface area contributed by atoms with Crippen molar-refractivity contribution in [1.29, 1.82) is 0 Å². The number of hydrogen-bond donors (Lipinski definition) is 1. The highest BCUT2D eigenvalue weighted by atomic mass is 15.3. The molecule has 4 heterocycles. The Labute approximate surface area is 138 Å². The van der Waals surface area contributed by atoms with Gasteiger partial charge in [-0.25, -0.2) is 19.5 Å². The summed E-state index contributed by atoms with van der Waals surface area (Å²) in [6, 6.07) is 2.05. The number of rotatable bonds is 4. The number of aromatic nitrogens is 6. The zero-order chi connectivity index (χ0) is 16.1. The lowest BCUT2D eigenvalue weighted by molar-refractivity contribution is 0.842. The standard InChI is InChI=1S/C17H17N7/c1-11-6-20-17-21-8-13(10-23(11)17)14-4-5-24-15(14)9-19-16(22-24)18-7-12-2-3-12/h4-6,8-10,12H,2-3,7H2,1H3,(H,18,22). The summed E-state index contributed by atoms with van der Waals surface area (Å²) in [5.74, 6) is 2.18. The van der Waals surface area contributed by atoms with Gasteiger partial charge in [-0.3, -0.25) is 4.40 Å². The van der Waals surface area contributed by atoms with Crippen molar-refractivity contribution in [2.45, 2.75) is 19.8 Å². The molecule has 0 aliphatic heterocycles. The first-order chi connectivity index (χ1) is 11.8. The second-order valence-corrected chi connectivity index (χ2v) is 6.38. The highest BCUT2D eigenvalue weighted by molar-refractivity contribution is 5.79. The van der Waals surface area contributed by atoms with Crippen LogP contribution in [0.2, 0.25) is 0 Å². The largest absolute Gasteiger partial charge is 0.353 e. The molecule has 0 unspecified atom stereocenters. The van der Waals surface area contributed by atoms with Crippen molar-refractivity contribution in [1.82, 2.24) is 29.0 Å². The number of anilines is 1. The first-order valence-electron chi connectivity index (χ1n) is 8.16. The molecule has 4 aromatic rings. The van der Waals surface area contributed by atoms with Gasteiger partial charge < -0.3 is 5.32 Å². The summed E-state index contributed by atoms with van der Waals surface area (Å²) in [5, 5.41) is 7.85. The fourth-order valence-corrected chi connectivity index (χ4v) is 2.91. The van der Waals surface area contributed by atoms with Crippen LogP contribution < -0.4 is 5.32 Å². The Hall–Kier alpha value is -2.96. The van der Waals surface area contributed by atoms with Crippen molar-refractivity contribution in [2.75, 3.05) is 11.9 Å². The third kappa shape index (κ3) is 2.20. The molecule has 0 aromatic carbocycles. The molecule has 1 aliphatic rings. The van der Waals surface area contributed by atoms with Crippen LogP contribution in [-0.2, 0) is 0 Å². The second kappa shape index (κ2) is 5.02. The van der Waals surface area contributed by atoms with Crippen LogP contribution in [0.3, 0.4) is 0 Å². The molecule has 5 rings (SSSR count). The summed E-state index contributed by atoms with van der Waals surface area (Å²) in [6.45, 7) is 2.98. The molecule has 1 saturated carbocycles. The predicted octanol–water partition coefficient (Wildman–Crippen LogP) is 2.57. The molecule has 0 atom stereocenters. The van der Waals surface area contributed by atoms with Gasteiger partial charge in [0.25, 0.3) is 0 Å². The molecular formula is C17H17N7. The van der Waals surface area contributed by atoms with E-state index in [1.54, 1.807) is 0 Å². The van der Waals surface area contributed by atoms with Crippen molar-refractivity contribution in [2.24, 2.45) is 5.92 Å². The Bertz CT molecular complexity index is 1040. The maximum absolute atomic E-state index is 4.55. The first kappa shape index (κ1) is 13.5. The van der Waals surface area contributed by atoms with Gasteiger partial charge in [-0.2, -0.15) is 0 Å². The van der Waals surface area contributed by atoms with Crippen molar-refractivity contribution >= 4 is 17.2 Å². The van der Waals surface area contributed by atoms with E-state index < -0.39 is 0 Å². The van der Waals surface area contributed by atoms with Gasteiger partial charge in [0.05, 0.1) is 17.9 Å². The maximum Gasteiger partial charge on any atom is 0.241 e. The Balaban J connectivity index is 1.54. The van der Waals surface area contributed by atoms with E-state index in [-0.39, 0.29) is 0 Å². The van der Waals surface area contributed by atoms with Gasteiger partial charge in [0, 0.05) is 42.0 Å². The minimum Gasteiger partial charge on any atom is -0.353 e. The van der Waals surface area contributed by atoms with Gasteiger partial charge in [0.1, 0.15) is 0 Å². The van der Waals surface area contributed by atoms with Crippen LogP contribution in [0, 0.1) is 12.8 Å². The van der Waals surface area contributed by atoms with Crippen LogP contribution >= 0.6 is 0 Å². The minimum absolute atomic E-state index is 0.676. The fourth-order valence-electron chi connectivity index (χ4n) is 2.91. The highest BCUT2D eigenvalue weighted by Gasteiger charge is 2.21. The lowest BCUT2D eigenvalue weighted by Gasteiger charge is -2.05. The van der Waals surface area contributed by atoms with E-state index in [2.05, 4.69) is 31.6 Å². The Morgan fingerprint density at radius 1 is 1.17 bits per heavy atom. The Kier molecular flexibility index (Phi) is 2.82. The van der Waals surface area contributed by atoms with Crippen LogP contribution in [0.4, 0.5) is 5.95 Å². The third-order valence-corrected chi connectivity index (χ3v) is 4.52. The van der Waals surface area contributed by atoms with E-state index in [9.17, 15) is 0 Å². The molecule has 7 heteroatoms. The van der Waals surface area contributed by atoms with E-state index in [1.165, 1.54) is 12.8 Å². The predicted molar refractivity (Wildman–Crippen MR) is 90.9 cm³/mol. The van der Waals surface area contributed by atoms with Crippen LogP contribution in [0.1, 0.15) is 18.5 Å². The molecule has 4 aromatic heterocycles. The molecule has 0 saturated heterocycles. The summed E-state index contributed by atoms with van der Waals surface area (Å²) in [4.78, 5) is 13.1. The lowest BCUT2D eigenvalue weighted by atomic mass is 10.1. The number of aryl methyl sites for hydroxylation is 1. The van der Waals surface area contributed by atoms with Gasteiger partial charge in [-0.05, 0) is 31.7 Å². The van der Waals surface area contributed by atoms with E-state index in [1.807, 2.05) is 46.7 Å². The summed E-state index contributed by atoms with van der Waals surface area (Å²) >= 11 is 0. The van der Waals surface area contributed by atoms with Gasteiger partial charge in [0.15, 0.2) is 0 Å². The van der Waals surface area contributed by atoms with E-state index in [4.69, 9.17) is 0 Å². The van der Waals surface area contributed by atoms with E-state index >= 15 is 0 Å². The Morgan fingerprint density at radius 2 is 2.04 bits per heavy atom. The van der Waals surface area contributed by atoms with Crippen molar-refractivity contribution in [3.63, 3.8) is 0 Å². The number of fused-ring (bicyclic) bond motifs is 2. The zero-order valence-electron chi connectivity index (χ0n) is 13.3. The molecule has 0 amide bonds. The maximum atomic E-state index is 4.55. The number of hydrogen-bond acceptors (Lipinski definition) is 5. The molecule has 0 radical (unpaired) electrons. The number of nitrogens with zero attached hydrogens (tertiary/aromatic N) is 6. The summed E-state index contributed by atoms with van der Waals surface area (Å²) in [5.41, 5.74) is 4.11. The molecule has 1 N–H and O–H groups in total. The smallest absolute Gasteiger partial charge is 0.241 e. The quantitative estimate of drug-likeness (QED) is 0.626. The lowest BCUT2D eigenvalue weighted by Crippen LogP contribution is -2.08. The molecule has 24 heavy (non-hydrogen) atoms. The highest BCUT2D eigenvalue weighted by Crippen LogP contribution is 2.29. The van der Waals surface area contributed by atoms with Crippen molar-refractivity contribution < 1.29 is 0 Å². The third-order valence-electron chi connectivity index (χ3n) is 4.52. The molecule has 120 valence electrons. The van der Waals surface area contributed by atoms with Crippen LogP contribution in [0.25, 0.3) is 22.4 Å². The van der Waals surface area contributed by atoms with Gasteiger partial charge in [-0.1, -0.05) is 0 Å². The molecule has 1 aliphatic carbocycles. The molecule has 1 fully saturated rings. The van der Waals surface area contributed by atoms with Crippen molar-refractivity contribution in [3.8, 4) is 11.1 Å². The van der Waals surface area contributed by atoms with Crippen LogP contribution in [-0.4, -0.2) is 35.5 Å². The molecule has 0 bridgehead atoms.